The van der Waals surface area contributed by atoms with Crippen LogP contribution in [0, 0.1) is 5.92 Å². The standard InChI is InChI=1S/C15H26NO3P/c1-3-5-9-14(4-2)12-18-20(17,13-16)19-15-10-7-6-8-11-15/h6-8,10-11,14H,3-5,9,12-13,16H2,1-2H3. The number of benzene rings is 1. The van der Waals surface area contributed by atoms with Gasteiger partial charge in [0.2, 0.25) is 0 Å². The van der Waals surface area contributed by atoms with Crippen molar-refractivity contribution >= 4 is 7.60 Å². The van der Waals surface area contributed by atoms with Crippen molar-refractivity contribution in [1.82, 2.24) is 0 Å². The Morgan fingerprint density at radius 1 is 1.25 bits per heavy atom. The fourth-order valence-corrected chi connectivity index (χ4v) is 2.99. The summed E-state index contributed by atoms with van der Waals surface area (Å²) in [6.07, 6.45) is 4.31. The number of hydrogen-bond acceptors (Lipinski definition) is 4. The van der Waals surface area contributed by atoms with Crippen LogP contribution in [0.25, 0.3) is 0 Å². The molecule has 5 heteroatoms. The molecule has 0 aromatic heterocycles. The molecule has 0 aliphatic rings. The van der Waals surface area contributed by atoms with Crippen LogP contribution < -0.4 is 10.3 Å². The van der Waals surface area contributed by atoms with E-state index in [1.54, 1.807) is 12.1 Å². The first-order valence-corrected chi connectivity index (χ1v) is 9.04. The second-order valence-electron chi connectivity index (χ2n) is 4.91. The van der Waals surface area contributed by atoms with E-state index in [1.807, 2.05) is 18.2 Å². The fourth-order valence-electron chi connectivity index (χ4n) is 1.88. The highest BCUT2D eigenvalue weighted by molar-refractivity contribution is 7.54. The van der Waals surface area contributed by atoms with E-state index in [0.717, 1.165) is 25.7 Å². The van der Waals surface area contributed by atoms with E-state index in [9.17, 15) is 4.57 Å². The fraction of sp³-hybridized carbons (Fsp3) is 0.600. The number of para-hydroxylation sites is 1. The molecule has 1 aromatic carbocycles. The van der Waals surface area contributed by atoms with Crippen LogP contribution in [0.5, 0.6) is 5.75 Å². The first-order chi connectivity index (χ1) is 9.63. The van der Waals surface area contributed by atoms with Crippen molar-refractivity contribution < 1.29 is 13.6 Å². The molecule has 0 bridgehead atoms. The number of unbranched alkanes of at least 4 members (excludes halogenated alkanes) is 1. The van der Waals surface area contributed by atoms with Crippen molar-refractivity contribution in [2.45, 2.75) is 39.5 Å². The van der Waals surface area contributed by atoms with Crippen LogP contribution in [-0.2, 0) is 9.09 Å². The van der Waals surface area contributed by atoms with Gasteiger partial charge in [-0.05, 0) is 24.5 Å². The second kappa shape index (κ2) is 9.17. The highest BCUT2D eigenvalue weighted by Crippen LogP contribution is 2.47. The van der Waals surface area contributed by atoms with Crippen molar-refractivity contribution in [3.8, 4) is 5.75 Å². The summed E-state index contributed by atoms with van der Waals surface area (Å²) in [5, 5.41) is 0. The normalized spacial score (nSPS) is 15.6. The van der Waals surface area contributed by atoms with Gasteiger partial charge in [-0.2, -0.15) is 0 Å². The smallest absolute Gasteiger partial charge is 0.392 e. The van der Waals surface area contributed by atoms with Crippen LogP contribution in [0.4, 0.5) is 0 Å². The summed E-state index contributed by atoms with van der Waals surface area (Å²) in [5.41, 5.74) is 5.57. The lowest BCUT2D eigenvalue weighted by Gasteiger charge is -2.21. The summed E-state index contributed by atoms with van der Waals surface area (Å²) >= 11 is 0. The first-order valence-electron chi connectivity index (χ1n) is 7.31. The maximum absolute atomic E-state index is 12.5. The van der Waals surface area contributed by atoms with Crippen LogP contribution >= 0.6 is 7.60 Å². The molecule has 0 saturated carbocycles. The summed E-state index contributed by atoms with van der Waals surface area (Å²) in [7, 11) is -3.24. The molecule has 0 heterocycles. The Morgan fingerprint density at radius 2 is 1.95 bits per heavy atom. The molecule has 2 N–H and O–H groups in total. The summed E-state index contributed by atoms with van der Waals surface area (Å²) in [5.74, 6) is 0.942. The molecule has 0 aliphatic carbocycles. The van der Waals surface area contributed by atoms with Gasteiger partial charge >= 0.3 is 7.60 Å². The largest absolute Gasteiger partial charge is 0.424 e. The molecule has 0 amide bonds. The Bertz CT molecular complexity index is 411. The molecule has 0 aliphatic heterocycles. The number of hydrogen-bond donors (Lipinski definition) is 1. The van der Waals surface area contributed by atoms with Crippen molar-refractivity contribution in [3.63, 3.8) is 0 Å². The van der Waals surface area contributed by atoms with E-state index in [4.69, 9.17) is 14.8 Å². The Hall–Kier alpha value is -0.830. The molecule has 0 fully saturated rings. The molecule has 2 atom stereocenters. The van der Waals surface area contributed by atoms with Gasteiger partial charge in [-0.15, -0.1) is 0 Å². The number of nitrogens with two attached hydrogens (primary N) is 1. The molecular weight excluding hydrogens is 273 g/mol. The lowest BCUT2D eigenvalue weighted by atomic mass is 10.0. The minimum absolute atomic E-state index is 0.105. The lowest BCUT2D eigenvalue weighted by molar-refractivity contribution is 0.207. The second-order valence-corrected chi connectivity index (χ2v) is 6.94. The van der Waals surface area contributed by atoms with E-state index in [-0.39, 0.29) is 6.29 Å². The van der Waals surface area contributed by atoms with E-state index < -0.39 is 7.60 Å². The molecule has 0 radical (unpaired) electrons. The Morgan fingerprint density at radius 3 is 2.50 bits per heavy atom. The quantitative estimate of drug-likeness (QED) is 0.650. The van der Waals surface area contributed by atoms with Gasteiger partial charge in [0.1, 0.15) is 12.0 Å². The minimum atomic E-state index is -3.24. The summed E-state index contributed by atoms with van der Waals surface area (Å²) < 4.78 is 23.5. The van der Waals surface area contributed by atoms with Crippen molar-refractivity contribution in [2.24, 2.45) is 11.7 Å². The molecule has 1 aromatic rings. The van der Waals surface area contributed by atoms with E-state index in [0.29, 0.717) is 18.3 Å². The third kappa shape index (κ3) is 6.08. The Labute approximate surface area is 122 Å². The molecule has 0 spiro atoms. The molecule has 1 rings (SSSR count). The average molecular weight is 299 g/mol. The van der Waals surface area contributed by atoms with Gasteiger partial charge in [-0.1, -0.05) is 51.3 Å². The third-order valence-electron chi connectivity index (χ3n) is 3.26. The van der Waals surface area contributed by atoms with Crippen molar-refractivity contribution in [2.75, 3.05) is 12.9 Å². The zero-order valence-electron chi connectivity index (χ0n) is 12.5. The van der Waals surface area contributed by atoms with Gasteiger partial charge < -0.3 is 10.3 Å². The summed E-state index contributed by atoms with van der Waals surface area (Å²) in [6, 6.07) is 9.03. The zero-order valence-corrected chi connectivity index (χ0v) is 13.4. The predicted octanol–water partition coefficient (Wildman–Crippen LogP) is 4.41. The molecule has 20 heavy (non-hydrogen) atoms. The van der Waals surface area contributed by atoms with E-state index in [1.165, 1.54) is 0 Å². The third-order valence-corrected chi connectivity index (χ3v) is 4.74. The summed E-state index contributed by atoms with van der Waals surface area (Å²) in [4.78, 5) is 0. The van der Waals surface area contributed by atoms with Gasteiger partial charge in [0.25, 0.3) is 0 Å². The Kier molecular flexibility index (Phi) is 7.90. The maximum Gasteiger partial charge on any atom is 0.392 e. The van der Waals surface area contributed by atoms with Crippen LogP contribution in [0.3, 0.4) is 0 Å². The Balaban J connectivity index is 2.54. The molecule has 0 saturated heterocycles. The number of rotatable bonds is 10. The van der Waals surface area contributed by atoms with Gasteiger partial charge in [0.15, 0.2) is 0 Å². The van der Waals surface area contributed by atoms with Crippen LogP contribution in [-0.4, -0.2) is 12.9 Å². The van der Waals surface area contributed by atoms with Gasteiger partial charge in [0.05, 0.1) is 6.61 Å². The maximum atomic E-state index is 12.5. The molecular formula is C15H26NO3P. The first kappa shape index (κ1) is 17.2. The highest BCUT2D eigenvalue weighted by Gasteiger charge is 2.25. The SMILES string of the molecule is CCCCC(CC)COP(=O)(CN)Oc1ccccc1. The lowest BCUT2D eigenvalue weighted by Crippen LogP contribution is -2.14. The summed E-state index contributed by atoms with van der Waals surface area (Å²) in [6.45, 7) is 4.73. The highest BCUT2D eigenvalue weighted by atomic mass is 31.2. The monoisotopic (exact) mass is 299 g/mol. The van der Waals surface area contributed by atoms with Gasteiger partial charge in [-0.3, -0.25) is 4.52 Å². The topological polar surface area (TPSA) is 61.5 Å². The predicted molar refractivity (Wildman–Crippen MR) is 83.0 cm³/mol. The minimum Gasteiger partial charge on any atom is -0.424 e. The van der Waals surface area contributed by atoms with Crippen molar-refractivity contribution in [1.29, 1.82) is 0 Å². The molecule has 114 valence electrons. The molecule has 2 unspecified atom stereocenters. The van der Waals surface area contributed by atoms with Crippen molar-refractivity contribution in [3.05, 3.63) is 30.3 Å². The van der Waals surface area contributed by atoms with Crippen LogP contribution in [0.2, 0.25) is 0 Å². The average Bonchev–Trinajstić information content (AvgIpc) is 2.48. The molecule has 4 nitrogen and oxygen atoms in total. The van der Waals surface area contributed by atoms with E-state index in [2.05, 4.69) is 13.8 Å². The van der Waals surface area contributed by atoms with Crippen LogP contribution in [0.15, 0.2) is 30.3 Å². The van der Waals surface area contributed by atoms with Gasteiger partial charge in [0, 0.05) is 0 Å². The van der Waals surface area contributed by atoms with Crippen LogP contribution in [0.1, 0.15) is 39.5 Å². The van der Waals surface area contributed by atoms with Gasteiger partial charge in [-0.25, -0.2) is 4.57 Å². The van der Waals surface area contributed by atoms with E-state index >= 15 is 0 Å². The zero-order chi connectivity index (χ0) is 14.8.